The lowest BCUT2D eigenvalue weighted by Gasteiger charge is -2.51. The third kappa shape index (κ3) is 3.59. The summed E-state index contributed by atoms with van der Waals surface area (Å²) in [7, 11) is 0. The van der Waals surface area contributed by atoms with Crippen molar-refractivity contribution in [2.45, 2.75) is 58.2 Å². The fraction of sp³-hybridized carbons (Fsp3) is 0.500. The number of halogens is 1. The minimum atomic E-state index is -0.492. The molecule has 6 nitrogen and oxygen atoms in total. The van der Waals surface area contributed by atoms with E-state index in [0.29, 0.717) is 16.9 Å². The van der Waals surface area contributed by atoms with Gasteiger partial charge in [0.25, 0.3) is 0 Å². The minimum Gasteiger partial charge on any atom is -0.508 e. The van der Waals surface area contributed by atoms with E-state index in [0.717, 1.165) is 48.3 Å². The predicted molar refractivity (Wildman–Crippen MR) is 119 cm³/mol. The standard InChI is InChI=1S/C24H30FN5O/c1-14-21-15(11-30-13-24(4,16-5-6-16)26-12-23(30,2)3)9-20(27-22(21)29-28-14)18-8-7-17(31)10-19(18)25/h7-10,16,26,31H,5-6,11-13H2,1-4H3,(H,27,28,29)/t24-/m1/s1. The molecular formula is C24H30FN5O. The zero-order valence-corrected chi connectivity index (χ0v) is 18.6. The second-order valence-corrected chi connectivity index (χ2v) is 10.1. The zero-order chi connectivity index (χ0) is 22.0. The van der Waals surface area contributed by atoms with Crippen molar-refractivity contribution in [3.05, 3.63) is 41.3 Å². The molecule has 0 spiro atoms. The van der Waals surface area contributed by atoms with Crippen molar-refractivity contribution in [1.82, 2.24) is 25.4 Å². The Hall–Kier alpha value is -2.51. The number of hydrogen-bond donors (Lipinski definition) is 3. The van der Waals surface area contributed by atoms with Gasteiger partial charge in [-0.15, -0.1) is 0 Å². The number of aryl methyl sites for hydroxylation is 1. The van der Waals surface area contributed by atoms with Crippen molar-refractivity contribution in [3.63, 3.8) is 0 Å². The first-order valence-electron chi connectivity index (χ1n) is 11.0. The SMILES string of the molecule is Cc1[nH]nc2nc(-c3ccc(O)cc3F)cc(CN3C[C@](C)(C4CC4)NCC3(C)C)c12. The number of nitrogens with one attached hydrogen (secondary N) is 2. The number of fused-ring (bicyclic) bond motifs is 1. The summed E-state index contributed by atoms with van der Waals surface area (Å²) in [5.74, 6) is 0.148. The molecule has 5 rings (SSSR count). The van der Waals surface area contributed by atoms with Crippen LogP contribution in [-0.2, 0) is 6.54 Å². The van der Waals surface area contributed by atoms with E-state index in [9.17, 15) is 9.50 Å². The second kappa shape index (κ2) is 7.00. The fourth-order valence-corrected chi connectivity index (χ4v) is 4.91. The number of benzene rings is 1. The molecule has 0 amide bonds. The Morgan fingerprint density at radius 2 is 2.00 bits per heavy atom. The van der Waals surface area contributed by atoms with Gasteiger partial charge in [-0.3, -0.25) is 10.00 Å². The van der Waals surface area contributed by atoms with Crippen molar-refractivity contribution < 1.29 is 9.50 Å². The molecule has 31 heavy (non-hydrogen) atoms. The van der Waals surface area contributed by atoms with Gasteiger partial charge in [-0.2, -0.15) is 5.10 Å². The van der Waals surface area contributed by atoms with Crippen LogP contribution in [0.15, 0.2) is 24.3 Å². The highest BCUT2D eigenvalue weighted by Gasteiger charge is 2.48. The van der Waals surface area contributed by atoms with E-state index < -0.39 is 5.82 Å². The van der Waals surface area contributed by atoms with Gasteiger partial charge < -0.3 is 10.4 Å². The molecular weight excluding hydrogens is 393 g/mol. The lowest BCUT2D eigenvalue weighted by atomic mass is 9.86. The van der Waals surface area contributed by atoms with E-state index in [4.69, 9.17) is 0 Å². The van der Waals surface area contributed by atoms with Gasteiger partial charge in [-0.25, -0.2) is 9.37 Å². The van der Waals surface area contributed by atoms with Gasteiger partial charge in [0.05, 0.1) is 5.69 Å². The molecule has 1 saturated carbocycles. The summed E-state index contributed by atoms with van der Waals surface area (Å²) in [6.07, 6.45) is 2.59. The summed E-state index contributed by atoms with van der Waals surface area (Å²) < 4.78 is 14.6. The number of aromatic hydroxyl groups is 1. The van der Waals surface area contributed by atoms with Crippen LogP contribution in [0.4, 0.5) is 4.39 Å². The Labute approximate surface area is 181 Å². The maximum Gasteiger partial charge on any atom is 0.182 e. The zero-order valence-electron chi connectivity index (χ0n) is 18.6. The number of rotatable bonds is 4. The van der Waals surface area contributed by atoms with Crippen molar-refractivity contribution in [1.29, 1.82) is 0 Å². The number of aromatic amines is 1. The molecule has 0 bridgehead atoms. The number of H-pyrrole nitrogens is 1. The van der Waals surface area contributed by atoms with Crippen LogP contribution >= 0.6 is 0 Å². The minimum absolute atomic E-state index is 0.00835. The molecule has 1 aliphatic heterocycles. The normalized spacial score (nSPS) is 24.0. The van der Waals surface area contributed by atoms with Gasteiger partial charge in [0.1, 0.15) is 11.6 Å². The molecule has 1 aliphatic carbocycles. The highest BCUT2D eigenvalue weighted by Crippen LogP contribution is 2.43. The van der Waals surface area contributed by atoms with E-state index in [1.54, 1.807) is 6.07 Å². The number of aromatic nitrogens is 3. The van der Waals surface area contributed by atoms with Crippen LogP contribution in [0.25, 0.3) is 22.3 Å². The molecule has 1 atom stereocenters. The van der Waals surface area contributed by atoms with Crippen LogP contribution in [0.3, 0.4) is 0 Å². The molecule has 2 aromatic heterocycles. The Morgan fingerprint density at radius 3 is 2.71 bits per heavy atom. The van der Waals surface area contributed by atoms with E-state index >= 15 is 0 Å². The molecule has 2 fully saturated rings. The summed E-state index contributed by atoms with van der Waals surface area (Å²) in [5.41, 5.74) is 3.66. The average Bonchev–Trinajstić information content (AvgIpc) is 3.50. The first-order chi connectivity index (χ1) is 14.7. The molecule has 0 radical (unpaired) electrons. The number of hydrogen-bond acceptors (Lipinski definition) is 5. The molecule has 3 aromatic rings. The lowest BCUT2D eigenvalue weighted by Crippen LogP contribution is -2.67. The maximum absolute atomic E-state index is 14.6. The van der Waals surface area contributed by atoms with Crippen LogP contribution in [0.1, 0.15) is 44.9 Å². The molecule has 0 unspecified atom stereocenters. The van der Waals surface area contributed by atoms with Crippen LogP contribution in [0.5, 0.6) is 5.75 Å². The lowest BCUT2D eigenvalue weighted by molar-refractivity contribution is 0.0181. The Morgan fingerprint density at radius 1 is 1.23 bits per heavy atom. The number of piperazine rings is 1. The van der Waals surface area contributed by atoms with Crippen molar-refractivity contribution in [2.75, 3.05) is 13.1 Å². The Kier molecular flexibility index (Phi) is 4.61. The molecule has 164 valence electrons. The van der Waals surface area contributed by atoms with Crippen LogP contribution < -0.4 is 5.32 Å². The molecule has 3 N–H and O–H groups in total. The molecule has 1 aromatic carbocycles. The highest BCUT2D eigenvalue weighted by molar-refractivity contribution is 5.84. The number of phenolic OH excluding ortho intramolecular Hbond substituents is 1. The average molecular weight is 424 g/mol. The monoisotopic (exact) mass is 423 g/mol. The highest BCUT2D eigenvalue weighted by atomic mass is 19.1. The van der Waals surface area contributed by atoms with Gasteiger partial charge in [-0.05, 0) is 70.2 Å². The summed E-state index contributed by atoms with van der Waals surface area (Å²) in [6, 6.07) is 6.16. The predicted octanol–water partition coefficient (Wildman–Crippen LogP) is 4.13. The number of phenols is 1. The summed E-state index contributed by atoms with van der Waals surface area (Å²) >= 11 is 0. The Balaban J connectivity index is 1.57. The Bertz CT molecular complexity index is 1150. The molecule has 7 heteroatoms. The van der Waals surface area contributed by atoms with Crippen LogP contribution in [-0.4, -0.2) is 49.4 Å². The summed E-state index contributed by atoms with van der Waals surface area (Å²) in [4.78, 5) is 7.16. The first-order valence-corrected chi connectivity index (χ1v) is 11.0. The van der Waals surface area contributed by atoms with Crippen LogP contribution in [0, 0.1) is 18.7 Å². The van der Waals surface area contributed by atoms with Gasteiger partial charge in [0.15, 0.2) is 5.65 Å². The number of nitrogens with zero attached hydrogens (tertiary/aromatic N) is 3. The van der Waals surface area contributed by atoms with Gasteiger partial charge in [0, 0.05) is 53.4 Å². The van der Waals surface area contributed by atoms with E-state index in [1.165, 1.54) is 18.9 Å². The largest absolute Gasteiger partial charge is 0.508 e. The maximum atomic E-state index is 14.6. The molecule has 2 aliphatic rings. The second-order valence-electron chi connectivity index (χ2n) is 10.1. The summed E-state index contributed by atoms with van der Waals surface area (Å²) in [5, 5.41) is 21.8. The van der Waals surface area contributed by atoms with E-state index in [2.05, 4.69) is 46.2 Å². The smallest absolute Gasteiger partial charge is 0.182 e. The quantitative estimate of drug-likeness (QED) is 0.588. The first kappa shape index (κ1) is 20.4. The van der Waals surface area contributed by atoms with Gasteiger partial charge >= 0.3 is 0 Å². The van der Waals surface area contributed by atoms with Gasteiger partial charge in [-0.1, -0.05) is 0 Å². The van der Waals surface area contributed by atoms with Crippen LogP contribution in [0.2, 0.25) is 0 Å². The third-order valence-corrected chi connectivity index (χ3v) is 7.15. The third-order valence-electron chi connectivity index (χ3n) is 7.15. The number of pyridine rings is 1. The van der Waals surface area contributed by atoms with Crippen molar-refractivity contribution in [3.8, 4) is 17.0 Å². The van der Waals surface area contributed by atoms with Crippen molar-refractivity contribution in [2.24, 2.45) is 5.92 Å². The molecule has 1 saturated heterocycles. The fourth-order valence-electron chi connectivity index (χ4n) is 4.91. The molecule has 3 heterocycles. The topological polar surface area (TPSA) is 77.1 Å². The van der Waals surface area contributed by atoms with Crippen molar-refractivity contribution >= 4 is 11.0 Å². The van der Waals surface area contributed by atoms with E-state index in [-0.39, 0.29) is 16.8 Å². The summed E-state index contributed by atoms with van der Waals surface area (Å²) in [6.45, 7) is 11.5. The van der Waals surface area contributed by atoms with E-state index in [1.807, 2.05) is 13.0 Å². The van der Waals surface area contributed by atoms with Gasteiger partial charge in [0.2, 0.25) is 0 Å².